The second-order valence-corrected chi connectivity index (χ2v) is 8.34. The molecule has 1 aliphatic rings. The minimum Gasteiger partial charge on any atom is -0.324 e. The predicted octanol–water partition coefficient (Wildman–Crippen LogP) is 4.17. The molecule has 12 heteroatoms. The molecule has 9 nitrogen and oxygen atoms in total. The van der Waals surface area contributed by atoms with Gasteiger partial charge in [-0.2, -0.15) is 10.2 Å². The van der Waals surface area contributed by atoms with Gasteiger partial charge >= 0.3 is 0 Å². The number of carbonyl (C=O) groups excluding carboxylic acids is 1. The quantitative estimate of drug-likeness (QED) is 0.376. The van der Waals surface area contributed by atoms with E-state index in [1.165, 1.54) is 6.20 Å². The maximum atomic E-state index is 13.5. The maximum Gasteiger partial charge on any atom is 0.267 e. The van der Waals surface area contributed by atoms with Gasteiger partial charge in [0.15, 0.2) is 16.6 Å². The third kappa shape index (κ3) is 3.91. The van der Waals surface area contributed by atoms with E-state index in [-0.39, 0.29) is 22.8 Å². The molecule has 0 spiro atoms. The molecule has 0 saturated heterocycles. The Kier molecular flexibility index (Phi) is 5.59. The summed E-state index contributed by atoms with van der Waals surface area (Å²) in [6.45, 7) is 4.00. The van der Waals surface area contributed by atoms with E-state index in [0.717, 1.165) is 24.2 Å². The van der Waals surface area contributed by atoms with Gasteiger partial charge in [0.05, 0.1) is 35.3 Å². The first-order valence-corrected chi connectivity index (χ1v) is 10.0. The van der Waals surface area contributed by atoms with Gasteiger partial charge in [0.1, 0.15) is 0 Å². The average Bonchev–Trinajstić information content (AvgIpc) is 3.24. The Morgan fingerprint density at radius 3 is 2.88 bits per heavy atom. The average molecular weight is 461 g/mol. The van der Waals surface area contributed by atoms with Gasteiger partial charge in [0, 0.05) is 29.5 Å². The van der Waals surface area contributed by atoms with Gasteiger partial charge in [0.2, 0.25) is 5.91 Å². The van der Waals surface area contributed by atoms with Gasteiger partial charge in [-0.15, -0.1) is 0 Å². The van der Waals surface area contributed by atoms with Crippen LogP contribution < -0.4 is 10.7 Å². The first-order valence-electron chi connectivity index (χ1n) is 9.63. The van der Waals surface area contributed by atoms with Crippen molar-refractivity contribution >= 4 is 47.1 Å². The second-order valence-electron chi connectivity index (χ2n) is 7.95. The van der Waals surface area contributed by atoms with Crippen molar-refractivity contribution in [2.24, 2.45) is 5.10 Å². The summed E-state index contributed by atoms with van der Waals surface area (Å²) >= 11 is 6.03. The highest BCUT2D eigenvalue weighted by molar-refractivity contribution is 6.29. The third-order valence-electron chi connectivity index (χ3n) is 5.27. The number of nitrogens with zero attached hydrogens (tertiary/aromatic N) is 5. The van der Waals surface area contributed by atoms with Gasteiger partial charge < -0.3 is 10.7 Å². The zero-order valence-corrected chi connectivity index (χ0v) is 17.9. The molecule has 0 fully saturated rings. The summed E-state index contributed by atoms with van der Waals surface area (Å²) < 4.78 is 28.6. The number of carbonyl (C=O) groups is 1. The van der Waals surface area contributed by atoms with Crippen LogP contribution >= 0.6 is 11.6 Å². The molecular formula is C20H19ClF2N8O. The van der Waals surface area contributed by atoms with Crippen molar-refractivity contribution in [1.82, 2.24) is 19.6 Å². The lowest BCUT2D eigenvalue weighted by atomic mass is 9.88. The van der Waals surface area contributed by atoms with Crippen molar-refractivity contribution in [2.45, 2.75) is 38.0 Å². The number of pyridine rings is 1. The zero-order chi connectivity index (χ0) is 23.0. The third-order valence-corrected chi connectivity index (χ3v) is 5.45. The summed E-state index contributed by atoms with van der Waals surface area (Å²) in [7, 11) is 0. The van der Waals surface area contributed by atoms with E-state index < -0.39 is 17.9 Å². The first-order chi connectivity index (χ1) is 15.2. The van der Waals surface area contributed by atoms with Crippen LogP contribution in [0.2, 0.25) is 5.15 Å². The van der Waals surface area contributed by atoms with E-state index in [2.05, 4.69) is 30.9 Å². The van der Waals surface area contributed by atoms with Crippen LogP contribution in [0.3, 0.4) is 0 Å². The molecule has 166 valence electrons. The molecule has 3 aromatic rings. The Morgan fingerprint density at radius 1 is 1.38 bits per heavy atom. The molecule has 3 N–H and O–H groups in total. The van der Waals surface area contributed by atoms with Gasteiger partial charge in [0.25, 0.3) is 6.43 Å². The molecular weight excluding hydrogens is 442 g/mol. The van der Waals surface area contributed by atoms with Crippen molar-refractivity contribution in [3.63, 3.8) is 0 Å². The van der Waals surface area contributed by atoms with E-state index in [4.69, 9.17) is 17.0 Å². The largest absolute Gasteiger partial charge is 0.324 e. The molecule has 0 saturated carbocycles. The topological polar surface area (TPSA) is 120 Å². The smallest absolute Gasteiger partial charge is 0.267 e. The van der Waals surface area contributed by atoms with E-state index in [9.17, 15) is 13.6 Å². The van der Waals surface area contributed by atoms with Crippen molar-refractivity contribution in [1.29, 1.82) is 5.41 Å². The lowest BCUT2D eigenvalue weighted by molar-refractivity contribution is -0.117. The summed E-state index contributed by atoms with van der Waals surface area (Å²) in [5.74, 6) is -1.07. The number of aromatic nitrogens is 4. The Bertz CT molecular complexity index is 1240. The SMILES string of the molecule is CC1(C)C[C@H](C(=O)Nc2cnc(N/N=C\C=N)c(C(F)F)c2)c2cnc3cc(Cl)nn3c21. The molecule has 3 heterocycles. The van der Waals surface area contributed by atoms with Crippen molar-refractivity contribution < 1.29 is 13.6 Å². The standard InChI is InChI=1S/C20H19ClF2N8O/c1-20(2)7-12(13-9-25-15-6-14(21)30-31(15)16(13)20)19(32)28-10-5-11(17(22)23)18(26-8-10)29-27-4-3-24/h3-6,8-9,12,17,24H,7H2,1-2H3,(H,26,29)(H,28,32)/b24-3?,27-4-/t12-/m0/s1. The fraction of sp³-hybridized carbons (Fsp3) is 0.300. The molecule has 0 unspecified atom stereocenters. The normalized spacial score (nSPS) is 17.1. The van der Waals surface area contributed by atoms with Crippen LogP contribution in [0.25, 0.3) is 5.65 Å². The number of halogens is 3. The number of hydrazone groups is 1. The number of nitrogens with one attached hydrogen (secondary N) is 3. The van der Waals surface area contributed by atoms with E-state index in [1.807, 2.05) is 13.8 Å². The molecule has 32 heavy (non-hydrogen) atoms. The van der Waals surface area contributed by atoms with Crippen LogP contribution in [-0.4, -0.2) is 37.9 Å². The second kappa shape index (κ2) is 8.23. The van der Waals surface area contributed by atoms with Gasteiger partial charge in [-0.1, -0.05) is 25.4 Å². The predicted molar refractivity (Wildman–Crippen MR) is 117 cm³/mol. The molecule has 1 amide bonds. The van der Waals surface area contributed by atoms with Crippen molar-refractivity contribution in [3.8, 4) is 0 Å². The van der Waals surface area contributed by atoms with Crippen LogP contribution in [0.1, 0.15) is 49.4 Å². The molecule has 0 aromatic carbocycles. The van der Waals surface area contributed by atoms with E-state index in [0.29, 0.717) is 22.8 Å². The van der Waals surface area contributed by atoms with Crippen LogP contribution in [0.15, 0.2) is 29.6 Å². The Morgan fingerprint density at radius 2 is 2.16 bits per heavy atom. The van der Waals surface area contributed by atoms with Gasteiger partial charge in [-0.3, -0.25) is 10.2 Å². The van der Waals surface area contributed by atoms with Crippen molar-refractivity contribution in [2.75, 3.05) is 10.7 Å². The van der Waals surface area contributed by atoms with Crippen LogP contribution in [0, 0.1) is 5.41 Å². The number of rotatable bonds is 6. The summed E-state index contributed by atoms with van der Waals surface area (Å²) in [5.41, 5.74) is 3.81. The number of hydrogen-bond donors (Lipinski definition) is 3. The summed E-state index contributed by atoms with van der Waals surface area (Å²) in [6.07, 6.45) is 2.53. The van der Waals surface area contributed by atoms with Crippen LogP contribution in [-0.2, 0) is 10.2 Å². The Labute approximate surface area is 186 Å². The van der Waals surface area contributed by atoms with E-state index >= 15 is 0 Å². The minimum atomic E-state index is -2.84. The van der Waals surface area contributed by atoms with Crippen LogP contribution in [0.5, 0.6) is 0 Å². The lowest BCUT2D eigenvalue weighted by Crippen LogP contribution is -2.22. The minimum absolute atomic E-state index is 0.134. The number of anilines is 2. The summed E-state index contributed by atoms with van der Waals surface area (Å²) in [5, 5.41) is 17.8. The molecule has 0 bridgehead atoms. The molecule has 1 aliphatic carbocycles. The molecule has 4 rings (SSSR count). The van der Waals surface area contributed by atoms with Crippen LogP contribution in [0.4, 0.5) is 20.3 Å². The number of hydrogen-bond acceptors (Lipinski definition) is 7. The Hall–Kier alpha value is -3.47. The fourth-order valence-electron chi connectivity index (χ4n) is 3.98. The number of alkyl halides is 2. The molecule has 3 aromatic heterocycles. The zero-order valence-electron chi connectivity index (χ0n) is 17.1. The molecule has 0 aliphatic heterocycles. The van der Waals surface area contributed by atoms with E-state index in [1.54, 1.807) is 16.8 Å². The number of fused-ring (bicyclic) bond motifs is 3. The monoisotopic (exact) mass is 460 g/mol. The lowest BCUT2D eigenvalue weighted by Gasteiger charge is -2.19. The maximum absolute atomic E-state index is 13.5. The van der Waals surface area contributed by atoms with Gasteiger partial charge in [-0.05, 0) is 12.5 Å². The van der Waals surface area contributed by atoms with Gasteiger partial charge in [-0.25, -0.2) is 23.3 Å². The highest BCUT2D eigenvalue weighted by Gasteiger charge is 2.43. The summed E-state index contributed by atoms with van der Waals surface area (Å²) in [4.78, 5) is 21.4. The van der Waals surface area contributed by atoms with Crippen molar-refractivity contribution in [3.05, 3.63) is 46.5 Å². The first kappa shape index (κ1) is 21.8. The number of amides is 1. The highest BCUT2D eigenvalue weighted by Crippen LogP contribution is 2.46. The molecule has 0 radical (unpaired) electrons. The highest BCUT2D eigenvalue weighted by atomic mass is 35.5. The fourth-order valence-corrected chi connectivity index (χ4v) is 4.15. The molecule has 1 atom stereocenters. The summed E-state index contributed by atoms with van der Waals surface area (Å²) in [6, 6.07) is 2.79. The Balaban J connectivity index is 1.63.